The van der Waals surface area contributed by atoms with Crippen molar-refractivity contribution in [2.24, 2.45) is 0 Å². The Balaban J connectivity index is 3.23. The molecule has 0 saturated carbocycles. The zero-order chi connectivity index (χ0) is 11.6. The minimum atomic E-state index is -4.88. The second-order valence-electron chi connectivity index (χ2n) is 2.37. The van der Waals surface area contributed by atoms with E-state index in [1.54, 1.807) is 0 Å². The van der Waals surface area contributed by atoms with Gasteiger partial charge in [0.1, 0.15) is 17.5 Å². The van der Waals surface area contributed by atoms with Crippen molar-refractivity contribution in [2.75, 3.05) is 5.73 Å². The van der Waals surface area contributed by atoms with Crippen LogP contribution in [0.4, 0.5) is 19.0 Å². The number of nitrogens with zero attached hydrogens (tertiary/aromatic N) is 2. The Hall–Kier alpha value is -1.49. The lowest BCUT2D eigenvalue weighted by atomic mass is 10.2. The number of halogens is 4. The summed E-state index contributed by atoms with van der Waals surface area (Å²) in [4.78, 5) is 3.48. The third kappa shape index (κ3) is 2.99. The van der Waals surface area contributed by atoms with E-state index in [-0.39, 0.29) is 16.0 Å². The highest BCUT2D eigenvalue weighted by Crippen LogP contribution is 2.33. The van der Waals surface area contributed by atoms with Gasteiger partial charge >= 0.3 is 6.36 Å². The lowest BCUT2D eigenvalue weighted by Crippen LogP contribution is -2.18. The van der Waals surface area contributed by atoms with Crippen LogP contribution in [0.3, 0.4) is 0 Å². The molecule has 0 atom stereocenters. The summed E-state index contributed by atoms with van der Waals surface area (Å²) < 4.78 is 39.1. The average molecular weight is 282 g/mol. The molecule has 0 aliphatic heterocycles. The zero-order valence-electron chi connectivity index (χ0n) is 6.97. The van der Waals surface area contributed by atoms with Crippen molar-refractivity contribution in [3.8, 4) is 11.8 Å². The normalized spacial score (nSPS) is 10.9. The number of anilines is 1. The average Bonchev–Trinajstić information content (AvgIpc) is 2.07. The lowest BCUT2D eigenvalue weighted by molar-refractivity contribution is -0.275. The van der Waals surface area contributed by atoms with Crippen molar-refractivity contribution in [3.63, 3.8) is 0 Å². The predicted molar refractivity (Wildman–Crippen MR) is 47.7 cm³/mol. The first-order valence-corrected chi connectivity index (χ1v) is 4.24. The highest BCUT2D eigenvalue weighted by atomic mass is 79.9. The molecule has 4 nitrogen and oxygen atoms in total. The Morgan fingerprint density at radius 1 is 1.53 bits per heavy atom. The molecule has 1 heterocycles. The van der Waals surface area contributed by atoms with E-state index >= 15 is 0 Å². The van der Waals surface area contributed by atoms with Gasteiger partial charge in [-0.05, 0) is 15.9 Å². The number of hydrogen-bond donors (Lipinski definition) is 1. The van der Waals surface area contributed by atoms with Gasteiger partial charge in [-0.25, -0.2) is 4.98 Å². The van der Waals surface area contributed by atoms with Crippen molar-refractivity contribution in [1.29, 1.82) is 5.26 Å². The molecule has 0 unspecified atom stereocenters. The number of nitrogen functional groups attached to an aromatic ring is 1. The van der Waals surface area contributed by atoms with Gasteiger partial charge in [-0.3, -0.25) is 0 Å². The Morgan fingerprint density at radius 2 is 2.13 bits per heavy atom. The summed E-state index contributed by atoms with van der Waals surface area (Å²) in [5.74, 6) is -0.771. The maximum absolute atomic E-state index is 11.9. The molecule has 2 N–H and O–H groups in total. The van der Waals surface area contributed by atoms with E-state index in [4.69, 9.17) is 11.0 Å². The van der Waals surface area contributed by atoms with Crippen molar-refractivity contribution in [1.82, 2.24) is 4.98 Å². The topological polar surface area (TPSA) is 71.9 Å². The van der Waals surface area contributed by atoms with Crippen LogP contribution >= 0.6 is 15.9 Å². The monoisotopic (exact) mass is 281 g/mol. The standard InChI is InChI=1S/C7H3BrF3N3O/c8-6-5(15-7(9,10)11)3(2-12)1-4(13)14-6/h1H,(H2,13,14). The lowest BCUT2D eigenvalue weighted by Gasteiger charge is -2.11. The van der Waals surface area contributed by atoms with Gasteiger partial charge in [0.05, 0.1) is 0 Å². The molecule has 0 aliphatic carbocycles. The highest BCUT2D eigenvalue weighted by Gasteiger charge is 2.33. The molecule has 0 fully saturated rings. The number of ether oxygens (including phenoxy) is 1. The van der Waals surface area contributed by atoms with Gasteiger partial charge in [0.25, 0.3) is 0 Å². The molecule has 1 aromatic heterocycles. The molecule has 0 aliphatic rings. The molecule has 0 aromatic carbocycles. The van der Waals surface area contributed by atoms with Gasteiger partial charge in [0, 0.05) is 6.07 Å². The smallest absolute Gasteiger partial charge is 0.401 e. The summed E-state index contributed by atoms with van der Waals surface area (Å²) in [6.45, 7) is 0. The summed E-state index contributed by atoms with van der Waals surface area (Å²) >= 11 is 2.72. The first-order valence-electron chi connectivity index (χ1n) is 3.45. The molecule has 1 rings (SSSR count). The van der Waals surface area contributed by atoms with Crippen LogP contribution < -0.4 is 10.5 Å². The number of hydrogen-bond acceptors (Lipinski definition) is 4. The van der Waals surface area contributed by atoms with Crippen molar-refractivity contribution in [2.45, 2.75) is 6.36 Å². The first-order chi connectivity index (χ1) is 6.83. The number of pyridine rings is 1. The van der Waals surface area contributed by atoms with Crippen molar-refractivity contribution < 1.29 is 17.9 Å². The van der Waals surface area contributed by atoms with Crippen LogP contribution in [-0.2, 0) is 0 Å². The molecule has 8 heteroatoms. The van der Waals surface area contributed by atoms with E-state index < -0.39 is 12.1 Å². The fourth-order valence-electron chi connectivity index (χ4n) is 0.817. The Kier molecular flexibility index (Phi) is 3.04. The van der Waals surface area contributed by atoms with Gasteiger partial charge in [-0.2, -0.15) is 5.26 Å². The quantitative estimate of drug-likeness (QED) is 0.801. The third-order valence-electron chi connectivity index (χ3n) is 1.29. The van der Waals surface area contributed by atoms with Crippen LogP contribution in [0.15, 0.2) is 10.7 Å². The minimum absolute atomic E-state index is 0.0760. The van der Waals surface area contributed by atoms with E-state index in [1.807, 2.05) is 0 Å². The Morgan fingerprint density at radius 3 is 2.60 bits per heavy atom. The van der Waals surface area contributed by atoms with Gasteiger partial charge < -0.3 is 10.5 Å². The maximum Gasteiger partial charge on any atom is 0.573 e. The molecule has 0 bridgehead atoms. The number of aromatic nitrogens is 1. The zero-order valence-corrected chi connectivity index (χ0v) is 8.56. The second kappa shape index (κ2) is 3.94. The second-order valence-corrected chi connectivity index (χ2v) is 3.13. The SMILES string of the molecule is N#Cc1cc(N)nc(Br)c1OC(F)(F)F. The molecular formula is C7H3BrF3N3O. The van der Waals surface area contributed by atoms with Crippen LogP contribution in [0.5, 0.6) is 5.75 Å². The molecular weight excluding hydrogens is 279 g/mol. The minimum Gasteiger partial charge on any atom is -0.401 e. The molecule has 1 aromatic rings. The van der Waals surface area contributed by atoms with E-state index in [2.05, 4.69) is 25.7 Å². The molecule has 0 radical (unpaired) electrons. The summed E-state index contributed by atoms with van der Waals surface area (Å²) in [5, 5.41) is 8.56. The van der Waals surface area contributed by atoms with Crippen molar-refractivity contribution in [3.05, 3.63) is 16.2 Å². The largest absolute Gasteiger partial charge is 0.573 e. The van der Waals surface area contributed by atoms with E-state index in [0.717, 1.165) is 6.07 Å². The van der Waals surface area contributed by atoms with E-state index in [0.29, 0.717) is 0 Å². The Bertz CT molecular complexity index is 427. The summed E-state index contributed by atoms with van der Waals surface area (Å²) in [6.07, 6.45) is -4.88. The number of nitriles is 1. The number of alkyl halides is 3. The molecule has 0 saturated heterocycles. The Labute approximate surface area is 90.6 Å². The van der Waals surface area contributed by atoms with Gasteiger partial charge in [0.2, 0.25) is 0 Å². The van der Waals surface area contributed by atoms with Crippen LogP contribution in [0.2, 0.25) is 0 Å². The van der Waals surface area contributed by atoms with Crippen LogP contribution in [0.25, 0.3) is 0 Å². The fourth-order valence-corrected chi connectivity index (χ4v) is 1.32. The number of nitrogens with two attached hydrogens (primary N) is 1. The van der Waals surface area contributed by atoms with E-state index in [9.17, 15) is 13.2 Å². The van der Waals surface area contributed by atoms with Crippen LogP contribution in [-0.4, -0.2) is 11.3 Å². The van der Waals surface area contributed by atoms with Crippen LogP contribution in [0.1, 0.15) is 5.56 Å². The van der Waals surface area contributed by atoms with Crippen molar-refractivity contribution >= 4 is 21.7 Å². The number of rotatable bonds is 1. The fraction of sp³-hybridized carbons (Fsp3) is 0.143. The van der Waals surface area contributed by atoms with Gasteiger partial charge in [-0.15, -0.1) is 13.2 Å². The van der Waals surface area contributed by atoms with Gasteiger partial charge in [0.15, 0.2) is 10.4 Å². The predicted octanol–water partition coefficient (Wildman–Crippen LogP) is 2.20. The molecule has 80 valence electrons. The summed E-state index contributed by atoms with van der Waals surface area (Å²) in [7, 11) is 0. The van der Waals surface area contributed by atoms with Crippen LogP contribution in [0, 0.1) is 11.3 Å². The van der Waals surface area contributed by atoms with Gasteiger partial charge in [-0.1, -0.05) is 0 Å². The van der Waals surface area contributed by atoms with E-state index in [1.165, 1.54) is 6.07 Å². The maximum atomic E-state index is 11.9. The third-order valence-corrected chi connectivity index (χ3v) is 1.83. The summed E-state index contributed by atoms with van der Waals surface area (Å²) in [6, 6.07) is 2.52. The molecule has 15 heavy (non-hydrogen) atoms. The molecule has 0 spiro atoms. The highest BCUT2D eigenvalue weighted by molar-refractivity contribution is 9.10. The molecule has 0 amide bonds. The first kappa shape index (κ1) is 11.6. The summed E-state index contributed by atoms with van der Waals surface area (Å²) in [5.41, 5.74) is 4.90.